The molecule has 0 aromatic heterocycles. The van der Waals surface area contributed by atoms with E-state index >= 15 is 0 Å². The number of hydrogen-bond donors (Lipinski definition) is 2. The molecule has 1 unspecified atom stereocenters. The average molecular weight is 304 g/mol. The lowest BCUT2D eigenvalue weighted by molar-refractivity contribution is 0.0303. The summed E-state index contributed by atoms with van der Waals surface area (Å²) in [4.78, 5) is 0. The van der Waals surface area contributed by atoms with E-state index in [9.17, 15) is 8.42 Å². The van der Waals surface area contributed by atoms with Gasteiger partial charge in [-0.05, 0) is 32.1 Å². The molecule has 20 heavy (non-hydrogen) atoms. The molecule has 0 bridgehead atoms. The first-order valence-electron chi connectivity index (χ1n) is 7.87. The third kappa shape index (κ3) is 5.31. The second-order valence-electron chi connectivity index (χ2n) is 6.37. The number of sulfonamides is 1. The number of nitrogens with one attached hydrogen (secondary N) is 1. The van der Waals surface area contributed by atoms with Crippen LogP contribution in [0.2, 0.25) is 0 Å². The summed E-state index contributed by atoms with van der Waals surface area (Å²) in [6.07, 6.45) is 9.23. The molecule has 1 aliphatic carbocycles. The summed E-state index contributed by atoms with van der Waals surface area (Å²) >= 11 is 0. The smallest absolute Gasteiger partial charge is 0.214 e. The molecule has 1 saturated heterocycles. The highest BCUT2D eigenvalue weighted by Crippen LogP contribution is 2.24. The van der Waals surface area contributed by atoms with E-state index in [1.807, 2.05) is 0 Å². The molecule has 2 rings (SSSR count). The summed E-state index contributed by atoms with van der Waals surface area (Å²) in [6.45, 7) is 1.04. The van der Waals surface area contributed by atoms with Crippen LogP contribution in [0.4, 0.5) is 0 Å². The SMILES string of the molecule is NC1(CNS(=O)(=O)CC2CCCCO2)CCCCCC1. The zero-order valence-electron chi connectivity index (χ0n) is 12.3. The van der Waals surface area contributed by atoms with Crippen LogP contribution in [-0.4, -0.2) is 39.0 Å². The monoisotopic (exact) mass is 304 g/mol. The molecule has 1 heterocycles. The Labute approximate surface area is 122 Å². The largest absolute Gasteiger partial charge is 0.377 e. The fourth-order valence-electron chi connectivity index (χ4n) is 3.11. The van der Waals surface area contributed by atoms with Crippen molar-refractivity contribution in [3.8, 4) is 0 Å². The zero-order chi connectivity index (χ0) is 14.5. The molecule has 2 aliphatic rings. The van der Waals surface area contributed by atoms with Crippen molar-refractivity contribution in [1.82, 2.24) is 4.72 Å². The van der Waals surface area contributed by atoms with Crippen LogP contribution in [0, 0.1) is 0 Å². The van der Waals surface area contributed by atoms with Gasteiger partial charge in [0.1, 0.15) is 0 Å². The highest BCUT2D eigenvalue weighted by Gasteiger charge is 2.29. The van der Waals surface area contributed by atoms with Crippen molar-refractivity contribution in [1.29, 1.82) is 0 Å². The van der Waals surface area contributed by atoms with Crippen molar-refractivity contribution < 1.29 is 13.2 Å². The molecule has 0 aromatic carbocycles. The van der Waals surface area contributed by atoms with Gasteiger partial charge in [-0.2, -0.15) is 0 Å². The molecule has 1 aliphatic heterocycles. The van der Waals surface area contributed by atoms with Crippen LogP contribution in [0.5, 0.6) is 0 Å². The Morgan fingerprint density at radius 1 is 1.10 bits per heavy atom. The Morgan fingerprint density at radius 3 is 2.40 bits per heavy atom. The summed E-state index contributed by atoms with van der Waals surface area (Å²) < 4.78 is 32.5. The normalized spacial score (nSPS) is 27.9. The molecule has 0 aromatic rings. The first-order valence-corrected chi connectivity index (χ1v) is 9.52. The number of rotatable bonds is 5. The van der Waals surface area contributed by atoms with Gasteiger partial charge in [-0.3, -0.25) is 0 Å². The Kier molecular flexibility index (Phi) is 5.84. The van der Waals surface area contributed by atoms with Gasteiger partial charge >= 0.3 is 0 Å². The molecule has 3 N–H and O–H groups in total. The van der Waals surface area contributed by atoms with Gasteiger partial charge in [0.2, 0.25) is 10.0 Å². The van der Waals surface area contributed by atoms with Crippen molar-refractivity contribution in [2.24, 2.45) is 5.73 Å². The van der Waals surface area contributed by atoms with E-state index in [0.717, 1.165) is 44.9 Å². The molecule has 0 radical (unpaired) electrons. The molecular formula is C14H28N2O3S. The van der Waals surface area contributed by atoms with Crippen molar-refractivity contribution >= 4 is 10.0 Å². The van der Waals surface area contributed by atoms with E-state index in [2.05, 4.69) is 4.72 Å². The van der Waals surface area contributed by atoms with Gasteiger partial charge in [0.05, 0.1) is 11.9 Å². The summed E-state index contributed by atoms with van der Waals surface area (Å²) in [5.74, 6) is 0.0725. The maximum absolute atomic E-state index is 12.1. The number of ether oxygens (including phenoxy) is 1. The third-order valence-electron chi connectivity index (χ3n) is 4.42. The molecule has 1 saturated carbocycles. The van der Waals surface area contributed by atoms with E-state index in [1.54, 1.807) is 0 Å². The van der Waals surface area contributed by atoms with Crippen LogP contribution < -0.4 is 10.5 Å². The fourth-order valence-corrected chi connectivity index (χ4v) is 4.48. The molecular weight excluding hydrogens is 276 g/mol. The van der Waals surface area contributed by atoms with E-state index < -0.39 is 10.0 Å². The van der Waals surface area contributed by atoms with Crippen LogP contribution >= 0.6 is 0 Å². The molecule has 0 spiro atoms. The second-order valence-corrected chi connectivity index (χ2v) is 8.22. The number of nitrogens with two attached hydrogens (primary N) is 1. The molecule has 5 nitrogen and oxygen atoms in total. The van der Waals surface area contributed by atoms with E-state index in [0.29, 0.717) is 13.2 Å². The van der Waals surface area contributed by atoms with E-state index in [1.165, 1.54) is 12.8 Å². The van der Waals surface area contributed by atoms with Gasteiger partial charge in [0, 0.05) is 18.7 Å². The third-order valence-corrected chi connectivity index (χ3v) is 5.82. The van der Waals surface area contributed by atoms with E-state index in [-0.39, 0.29) is 17.4 Å². The van der Waals surface area contributed by atoms with Crippen molar-refractivity contribution in [3.63, 3.8) is 0 Å². The first-order chi connectivity index (χ1) is 9.49. The lowest BCUT2D eigenvalue weighted by atomic mass is 9.92. The lowest BCUT2D eigenvalue weighted by Gasteiger charge is -2.29. The standard InChI is InChI=1S/C14H28N2O3S/c15-14(8-4-1-2-5-9-14)12-16-20(17,18)11-13-7-3-6-10-19-13/h13,16H,1-12,15H2. The van der Waals surface area contributed by atoms with Crippen molar-refractivity contribution in [2.75, 3.05) is 18.9 Å². The van der Waals surface area contributed by atoms with Gasteiger partial charge in [0.15, 0.2) is 0 Å². The summed E-state index contributed by atoms with van der Waals surface area (Å²) in [5.41, 5.74) is 5.98. The topological polar surface area (TPSA) is 81.4 Å². The van der Waals surface area contributed by atoms with Crippen molar-refractivity contribution in [2.45, 2.75) is 69.4 Å². The van der Waals surface area contributed by atoms with Crippen LogP contribution in [0.15, 0.2) is 0 Å². The van der Waals surface area contributed by atoms with Gasteiger partial charge in [-0.1, -0.05) is 25.7 Å². The molecule has 6 heteroatoms. The van der Waals surface area contributed by atoms with Gasteiger partial charge in [-0.25, -0.2) is 13.1 Å². The fraction of sp³-hybridized carbons (Fsp3) is 1.00. The highest BCUT2D eigenvalue weighted by atomic mass is 32.2. The quantitative estimate of drug-likeness (QED) is 0.755. The molecule has 1 atom stereocenters. The maximum Gasteiger partial charge on any atom is 0.214 e. The maximum atomic E-state index is 12.1. The summed E-state index contributed by atoms with van der Waals surface area (Å²) in [5, 5.41) is 0. The minimum absolute atomic E-state index is 0.0725. The van der Waals surface area contributed by atoms with Gasteiger partial charge in [0.25, 0.3) is 0 Å². The summed E-state index contributed by atoms with van der Waals surface area (Å²) in [6, 6.07) is 0. The van der Waals surface area contributed by atoms with Crippen molar-refractivity contribution in [3.05, 3.63) is 0 Å². The van der Waals surface area contributed by atoms with E-state index in [4.69, 9.17) is 10.5 Å². The van der Waals surface area contributed by atoms with Crippen LogP contribution in [0.3, 0.4) is 0 Å². The molecule has 2 fully saturated rings. The molecule has 118 valence electrons. The molecule has 0 amide bonds. The summed E-state index contributed by atoms with van der Waals surface area (Å²) in [7, 11) is -3.29. The Morgan fingerprint density at radius 2 is 1.80 bits per heavy atom. The predicted octanol–water partition coefficient (Wildman–Crippen LogP) is 1.53. The minimum atomic E-state index is -3.29. The number of hydrogen-bond acceptors (Lipinski definition) is 4. The lowest BCUT2D eigenvalue weighted by Crippen LogP contribution is -2.50. The Balaban J connectivity index is 1.81. The van der Waals surface area contributed by atoms with Crippen LogP contribution in [-0.2, 0) is 14.8 Å². The predicted molar refractivity (Wildman–Crippen MR) is 80.0 cm³/mol. The van der Waals surface area contributed by atoms with Crippen LogP contribution in [0.1, 0.15) is 57.8 Å². The Bertz CT molecular complexity index is 383. The first kappa shape index (κ1) is 16.2. The zero-order valence-corrected chi connectivity index (χ0v) is 13.1. The van der Waals surface area contributed by atoms with Gasteiger partial charge < -0.3 is 10.5 Å². The van der Waals surface area contributed by atoms with Crippen LogP contribution in [0.25, 0.3) is 0 Å². The minimum Gasteiger partial charge on any atom is -0.377 e. The van der Waals surface area contributed by atoms with Gasteiger partial charge in [-0.15, -0.1) is 0 Å². The highest BCUT2D eigenvalue weighted by molar-refractivity contribution is 7.89. The second kappa shape index (κ2) is 7.20. The Hall–Kier alpha value is -0.170. The average Bonchev–Trinajstić information content (AvgIpc) is 2.63.